The van der Waals surface area contributed by atoms with Crippen molar-refractivity contribution in [3.8, 4) is 0 Å². The third-order valence-corrected chi connectivity index (χ3v) is 6.76. The summed E-state index contributed by atoms with van der Waals surface area (Å²) in [5, 5.41) is 3.67. The zero-order chi connectivity index (χ0) is 19.8. The van der Waals surface area contributed by atoms with Gasteiger partial charge in [-0.15, -0.1) is 0 Å². The molecule has 0 radical (unpaired) electrons. The fourth-order valence-corrected chi connectivity index (χ4v) is 5.01. The van der Waals surface area contributed by atoms with Crippen LogP contribution in [0.2, 0.25) is 0 Å². The second-order valence-corrected chi connectivity index (χ2v) is 8.89. The first-order valence-corrected chi connectivity index (χ1v) is 10.8. The van der Waals surface area contributed by atoms with Gasteiger partial charge < -0.3 is 19.9 Å². The molecule has 2 aromatic heterocycles. The summed E-state index contributed by atoms with van der Waals surface area (Å²) in [6, 6.07) is 0.357. The second-order valence-electron chi connectivity index (χ2n) is 8.89. The van der Waals surface area contributed by atoms with Gasteiger partial charge in [-0.25, -0.2) is 9.97 Å². The van der Waals surface area contributed by atoms with Crippen molar-refractivity contribution in [3.63, 3.8) is 0 Å². The molecule has 1 atom stereocenters. The van der Waals surface area contributed by atoms with Crippen molar-refractivity contribution in [2.75, 3.05) is 50.6 Å². The number of anilines is 2. The Morgan fingerprint density at radius 3 is 2.83 bits per heavy atom. The molecule has 1 aliphatic carbocycles. The minimum Gasteiger partial charge on any atom is -0.379 e. The van der Waals surface area contributed by atoms with Gasteiger partial charge in [-0.3, -0.25) is 4.90 Å². The van der Waals surface area contributed by atoms with E-state index in [1.807, 2.05) is 31.4 Å². The molecule has 1 spiro atoms. The van der Waals surface area contributed by atoms with Gasteiger partial charge in [0.15, 0.2) is 0 Å². The quantitative estimate of drug-likeness (QED) is 0.798. The van der Waals surface area contributed by atoms with Gasteiger partial charge in [0.1, 0.15) is 11.6 Å². The molecule has 2 aliphatic heterocycles. The molecule has 8 nitrogen and oxygen atoms in total. The standard InChI is InChI=1S/C21H31N7O/c1-27(2)20-25-18-16(19(26-20)24-15-4-12-29-14-15)3-5-21(18)6-10-28(11-7-21)13-17-22-8-9-23-17/h8-9,15H,3-7,10-14H2,1-2H3,(H,22,23)(H,24,25,26). The summed E-state index contributed by atoms with van der Waals surface area (Å²) in [4.78, 5) is 22.1. The van der Waals surface area contributed by atoms with Crippen LogP contribution in [0.3, 0.4) is 0 Å². The van der Waals surface area contributed by atoms with Crippen LogP contribution in [0.25, 0.3) is 0 Å². The fraction of sp³-hybridized carbons (Fsp3) is 0.667. The Morgan fingerprint density at radius 2 is 2.14 bits per heavy atom. The van der Waals surface area contributed by atoms with Gasteiger partial charge in [0.2, 0.25) is 5.95 Å². The van der Waals surface area contributed by atoms with Crippen molar-refractivity contribution in [1.29, 1.82) is 0 Å². The van der Waals surface area contributed by atoms with Gasteiger partial charge in [0.25, 0.3) is 0 Å². The third kappa shape index (κ3) is 3.59. The number of aromatic amines is 1. The highest BCUT2D eigenvalue weighted by Crippen LogP contribution is 2.47. The normalized spacial score (nSPS) is 23.4. The summed E-state index contributed by atoms with van der Waals surface area (Å²) in [5.41, 5.74) is 2.81. The third-order valence-electron chi connectivity index (χ3n) is 6.76. The van der Waals surface area contributed by atoms with Gasteiger partial charge in [-0.05, 0) is 45.2 Å². The molecule has 0 aromatic carbocycles. The molecule has 3 aliphatic rings. The monoisotopic (exact) mass is 397 g/mol. The first-order valence-electron chi connectivity index (χ1n) is 10.8. The van der Waals surface area contributed by atoms with Crippen LogP contribution in [0.5, 0.6) is 0 Å². The van der Waals surface area contributed by atoms with Crippen molar-refractivity contribution >= 4 is 11.8 Å². The zero-order valence-corrected chi connectivity index (χ0v) is 17.4. The van der Waals surface area contributed by atoms with E-state index in [1.165, 1.54) is 17.7 Å². The smallest absolute Gasteiger partial charge is 0.227 e. The molecule has 2 aromatic rings. The van der Waals surface area contributed by atoms with Crippen LogP contribution in [-0.2, 0) is 23.1 Å². The maximum Gasteiger partial charge on any atom is 0.227 e. The number of hydrogen-bond donors (Lipinski definition) is 2. The number of likely N-dealkylation sites (tertiary alicyclic amines) is 1. The number of fused-ring (bicyclic) bond motifs is 2. The van der Waals surface area contributed by atoms with E-state index in [-0.39, 0.29) is 5.41 Å². The molecular formula is C21H31N7O. The molecule has 8 heteroatoms. The van der Waals surface area contributed by atoms with Crippen molar-refractivity contribution in [2.45, 2.75) is 50.1 Å². The molecular weight excluding hydrogens is 366 g/mol. The van der Waals surface area contributed by atoms with E-state index >= 15 is 0 Å². The highest BCUT2D eigenvalue weighted by atomic mass is 16.5. The number of aromatic nitrogens is 4. The number of ether oxygens (including phenoxy) is 1. The lowest BCUT2D eigenvalue weighted by molar-refractivity contribution is 0.147. The van der Waals surface area contributed by atoms with Gasteiger partial charge in [-0.1, -0.05) is 0 Å². The minimum atomic E-state index is 0.186. The second kappa shape index (κ2) is 7.57. The van der Waals surface area contributed by atoms with Crippen molar-refractivity contribution < 1.29 is 4.74 Å². The average Bonchev–Trinajstić information content (AvgIpc) is 3.47. The number of piperidine rings is 1. The number of hydrogen-bond acceptors (Lipinski definition) is 7. The number of H-pyrrole nitrogens is 1. The Morgan fingerprint density at radius 1 is 1.28 bits per heavy atom. The highest BCUT2D eigenvalue weighted by molar-refractivity contribution is 5.56. The van der Waals surface area contributed by atoms with Crippen LogP contribution in [0.1, 0.15) is 42.8 Å². The molecule has 0 amide bonds. The number of nitrogens with zero attached hydrogens (tertiary/aromatic N) is 5. The van der Waals surface area contributed by atoms with E-state index in [0.29, 0.717) is 6.04 Å². The van der Waals surface area contributed by atoms with Crippen molar-refractivity contribution in [3.05, 3.63) is 29.5 Å². The summed E-state index contributed by atoms with van der Waals surface area (Å²) in [6.45, 7) is 4.67. The van der Waals surface area contributed by atoms with Crippen LogP contribution < -0.4 is 10.2 Å². The van der Waals surface area contributed by atoms with E-state index in [0.717, 1.165) is 76.1 Å². The van der Waals surface area contributed by atoms with Crippen molar-refractivity contribution in [2.24, 2.45) is 0 Å². The number of imidazole rings is 1. The van der Waals surface area contributed by atoms with Crippen LogP contribution in [-0.4, -0.2) is 71.3 Å². The van der Waals surface area contributed by atoms with Crippen LogP contribution in [0, 0.1) is 0 Å². The molecule has 4 heterocycles. The minimum absolute atomic E-state index is 0.186. The maximum atomic E-state index is 5.56. The SMILES string of the molecule is CN(C)c1nc(NC2CCOC2)c2c(n1)C1(CC2)CCN(Cc2ncc[nH]2)CC1. The Hall–Kier alpha value is -2.19. The molecule has 29 heavy (non-hydrogen) atoms. The summed E-state index contributed by atoms with van der Waals surface area (Å²) in [7, 11) is 4.05. The number of nitrogens with one attached hydrogen (secondary N) is 2. The molecule has 156 valence electrons. The van der Waals surface area contributed by atoms with Crippen molar-refractivity contribution in [1.82, 2.24) is 24.8 Å². The molecule has 1 unspecified atom stereocenters. The van der Waals surface area contributed by atoms with E-state index in [4.69, 9.17) is 14.7 Å². The van der Waals surface area contributed by atoms with E-state index < -0.39 is 0 Å². The molecule has 2 saturated heterocycles. The van der Waals surface area contributed by atoms with Gasteiger partial charge in [-0.2, -0.15) is 4.98 Å². The maximum absolute atomic E-state index is 5.56. The van der Waals surface area contributed by atoms with E-state index in [2.05, 4.69) is 20.2 Å². The Bertz CT molecular complexity index is 837. The van der Waals surface area contributed by atoms with E-state index in [1.54, 1.807) is 0 Å². The highest BCUT2D eigenvalue weighted by Gasteiger charge is 2.44. The molecule has 5 rings (SSSR count). The lowest BCUT2D eigenvalue weighted by Gasteiger charge is -2.39. The lowest BCUT2D eigenvalue weighted by atomic mass is 9.76. The zero-order valence-electron chi connectivity index (χ0n) is 17.4. The first kappa shape index (κ1) is 18.8. The first-order chi connectivity index (χ1) is 14.1. The molecule has 0 saturated carbocycles. The Labute approximate surface area is 172 Å². The van der Waals surface area contributed by atoms with Gasteiger partial charge in [0, 0.05) is 44.1 Å². The molecule has 2 N–H and O–H groups in total. The Balaban J connectivity index is 1.38. The van der Waals surface area contributed by atoms with Crippen LogP contribution in [0.4, 0.5) is 11.8 Å². The predicted molar refractivity (Wildman–Crippen MR) is 112 cm³/mol. The predicted octanol–water partition coefficient (Wildman–Crippen LogP) is 1.95. The van der Waals surface area contributed by atoms with Gasteiger partial charge in [0.05, 0.1) is 24.9 Å². The number of rotatable bonds is 5. The van der Waals surface area contributed by atoms with Crippen LogP contribution in [0.15, 0.2) is 12.4 Å². The Kier molecular flexibility index (Phi) is 4.91. The molecule has 0 bridgehead atoms. The summed E-state index contributed by atoms with van der Waals surface area (Å²) in [6.07, 6.45) is 9.32. The molecule has 2 fully saturated rings. The summed E-state index contributed by atoms with van der Waals surface area (Å²) in [5.74, 6) is 2.89. The van der Waals surface area contributed by atoms with Gasteiger partial charge >= 0.3 is 0 Å². The topological polar surface area (TPSA) is 82.2 Å². The van der Waals surface area contributed by atoms with Crippen LogP contribution >= 0.6 is 0 Å². The lowest BCUT2D eigenvalue weighted by Crippen LogP contribution is -2.41. The average molecular weight is 398 g/mol. The summed E-state index contributed by atoms with van der Waals surface area (Å²) < 4.78 is 5.56. The summed E-state index contributed by atoms with van der Waals surface area (Å²) >= 11 is 0. The fourth-order valence-electron chi connectivity index (χ4n) is 5.01. The largest absolute Gasteiger partial charge is 0.379 e. The van der Waals surface area contributed by atoms with E-state index in [9.17, 15) is 0 Å².